The number of hydrogen-bond acceptors (Lipinski definition) is 5. The zero-order valence-electron chi connectivity index (χ0n) is 18.9. The minimum atomic E-state index is -0.373. The number of aromatic nitrogens is 3. The number of halogens is 3. The van der Waals surface area contributed by atoms with Gasteiger partial charge in [-0.3, -0.25) is 4.79 Å². The van der Waals surface area contributed by atoms with Crippen molar-refractivity contribution in [1.82, 2.24) is 15.0 Å². The molecule has 1 heterocycles. The Morgan fingerprint density at radius 1 is 0.941 bits per heavy atom. The molecule has 0 atom stereocenters. The fraction of sp³-hybridized carbons (Fsp3) is 0.208. The summed E-state index contributed by atoms with van der Waals surface area (Å²) in [5.74, 6) is 0.602. The lowest BCUT2D eigenvalue weighted by Gasteiger charge is -2.15. The normalized spacial score (nSPS) is 11.0. The molecule has 0 unspecified atom stereocenters. The molecule has 1 aromatic heterocycles. The summed E-state index contributed by atoms with van der Waals surface area (Å²) >= 11 is 18.9. The largest absolute Gasteiger partial charge is 0.497 e. The van der Waals surface area contributed by atoms with E-state index in [2.05, 4.69) is 15.5 Å². The van der Waals surface area contributed by atoms with Crippen molar-refractivity contribution in [2.75, 3.05) is 19.0 Å². The van der Waals surface area contributed by atoms with Gasteiger partial charge in [-0.25, -0.2) is 0 Å². The van der Waals surface area contributed by atoms with E-state index in [4.69, 9.17) is 44.3 Å². The van der Waals surface area contributed by atoms with Crippen molar-refractivity contribution < 1.29 is 14.3 Å². The van der Waals surface area contributed by atoms with E-state index < -0.39 is 0 Å². The first kappa shape index (κ1) is 24.1. The van der Waals surface area contributed by atoms with Crippen LogP contribution in [0.25, 0.3) is 16.7 Å². The zero-order chi connectivity index (χ0) is 24.6. The Morgan fingerprint density at radius 3 is 2.12 bits per heavy atom. The SMILES string of the molecule is COc1ccc(-n2nc3cc(C)c(NC(=O)COc4c(Cl)c(C)c(Cl)c(C)c4Cl)cc3n2)cc1. The molecule has 0 bridgehead atoms. The Labute approximate surface area is 211 Å². The first-order chi connectivity index (χ1) is 16.2. The van der Waals surface area contributed by atoms with E-state index in [1.807, 2.05) is 37.3 Å². The van der Waals surface area contributed by atoms with Gasteiger partial charge in [0.1, 0.15) is 16.8 Å². The van der Waals surface area contributed by atoms with E-state index in [0.717, 1.165) is 17.0 Å². The molecule has 0 saturated heterocycles. The number of fused-ring (bicyclic) bond motifs is 1. The summed E-state index contributed by atoms with van der Waals surface area (Å²) in [5, 5.41) is 12.9. The first-order valence-electron chi connectivity index (χ1n) is 10.3. The number of aryl methyl sites for hydroxylation is 1. The van der Waals surface area contributed by atoms with Gasteiger partial charge in [0.05, 0.1) is 22.8 Å². The molecule has 4 aromatic rings. The van der Waals surface area contributed by atoms with E-state index in [0.29, 0.717) is 32.9 Å². The van der Waals surface area contributed by atoms with Gasteiger partial charge in [-0.15, -0.1) is 10.2 Å². The lowest BCUT2D eigenvalue weighted by Crippen LogP contribution is -2.21. The summed E-state index contributed by atoms with van der Waals surface area (Å²) in [5.41, 5.74) is 4.83. The van der Waals surface area contributed by atoms with Crippen molar-refractivity contribution in [3.8, 4) is 17.2 Å². The standard InChI is InChI=1S/C24H21Cl3N4O3/c1-12-9-18-19(30-31(29-18)15-5-7-16(33-4)8-6-15)10-17(12)28-20(32)11-34-24-22(26)13(2)21(25)14(3)23(24)27/h5-10H,11H2,1-4H3,(H,28,32). The number of carbonyl (C=O) groups is 1. The molecule has 0 spiro atoms. The molecular weight excluding hydrogens is 499 g/mol. The van der Waals surface area contributed by atoms with Gasteiger partial charge in [0.2, 0.25) is 0 Å². The van der Waals surface area contributed by atoms with Crippen molar-refractivity contribution in [3.63, 3.8) is 0 Å². The third kappa shape index (κ3) is 4.64. The maximum Gasteiger partial charge on any atom is 0.262 e. The van der Waals surface area contributed by atoms with Gasteiger partial charge < -0.3 is 14.8 Å². The smallest absolute Gasteiger partial charge is 0.262 e. The second-order valence-electron chi connectivity index (χ2n) is 7.70. The van der Waals surface area contributed by atoms with Crippen LogP contribution in [0.15, 0.2) is 36.4 Å². The molecular formula is C24H21Cl3N4O3. The molecule has 0 aliphatic carbocycles. The predicted octanol–water partition coefficient (Wildman–Crippen LogP) is 6.33. The molecule has 176 valence electrons. The number of benzene rings is 3. The molecule has 1 N–H and O–H groups in total. The minimum absolute atomic E-state index is 0.229. The van der Waals surface area contributed by atoms with Crippen molar-refractivity contribution >= 4 is 57.4 Å². The average Bonchev–Trinajstić information content (AvgIpc) is 3.24. The van der Waals surface area contributed by atoms with Crippen LogP contribution < -0.4 is 14.8 Å². The van der Waals surface area contributed by atoms with Crippen molar-refractivity contribution in [1.29, 1.82) is 0 Å². The molecule has 0 saturated carbocycles. The van der Waals surface area contributed by atoms with E-state index in [-0.39, 0.29) is 28.3 Å². The molecule has 10 heteroatoms. The quantitative estimate of drug-likeness (QED) is 0.322. The number of ether oxygens (including phenoxy) is 2. The second-order valence-corrected chi connectivity index (χ2v) is 8.84. The average molecular weight is 520 g/mol. The van der Waals surface area contributed by atoms with Gasteiger partial charge in [-0.05, 0) is 73.9 Å². The number of hydrogen-bond donors (Lipinski definition) is 1. The predicted molar refractivity (Wildman–Crippen MR) is 135 cm³/mol. The lowest BCUT2D eigenvalue weighted by molar-refractivity contribution is -0.118. The number of methoxy groups -OCH3 is 1. The van der Waals surface area contributed by atoms with Crippen LogP contribution in [0.4, 0.5) is 5.69 Å². The maximum absolute atomic E-state index is 12.6. The number of nitrogens with zero attached hydrogens (tertiary/aromatic N) is 3. The van der Waals surface area contributed by atoms with Gasteiger partial charge in [-0.2, -0.15) is 4.80 Å². The summed E-state index contributed by atoms with van der Waals surface area (Å²) in [6, 6.07) is 11.0. The molecule has 0 radical (unpaired) electrons. The molecule has 1 amide bonds. The number of anilines is 1. The third-order valence-corrected chi connectivity index (χ3v) is 6.84. The van der Waals surface area contributed by atoms with Crippen LogP contribution in [0.1, 0.15) is 16.7 Å². The van der Waals surface area contributed by atoms with Gasteiger partial charge in [0, 0.05) is 10.7 Å². The Hall–Kier alpha value is -3.00. The van der Waals surface area contributed by atoms with E-state index in [1.165, 1.54) is 4.80 Å². The highest BCUT2D eigenvalue weighted by Gasteiger charge is 2.19. The Balaban J connectivity index is 1.52. The van der Waals surface area contributed by atoms with E-state index in [9.17, 15) is 4.79 Å². The molecule has 34 heavy (non-hydrogen) atoms. The Bertz CT molecular complexity index is 1370. The molecule has 0 aliphatic heterocycles. The van der Waals surface area contributed by atoms with Crippen molar-refractivity contribution in [2.45, 2.75) is 20.8 Å². The van der Waals surface area contributed by atoms with Crippen molar-refractivity contribution in [2.24, 2.45) is 0 Å². The summed E-state index contributed by atoms with van der Waals surface area (Å²) in [6.45, 7) is 5.12. The van der Waals surface area contributed by atoms with Crippen LogP contribution in [0, 0.1) is 20.8 Å². The topological polar surface area (TPSA) is 78.3 Å². The van der Waals surface area contributed by atoms with Gasteiger partial charge >= 0.3 is 0 Å². The molecule has 7 nitrogen and oxygen atoms in total. The van der Waals surface area contributed by atoms with E-state index in [1.54, 1.807) is 27.0 Å². The van der Waals surface area contributed by atoms with Crippen LogP contribution in [0.2, 0.25) is 15.1 Å². The van der Waals surface area contributed by atoms with Gasteiger partial charge in [0.15, 0.2) is 12.4 Å². The number of nitrogens with one attached hydrogen (secondary N) is 1. The summed E-state index contributed by atoms with van der Waals surface area (Å²) in [6.07, 6.45) is 0. The van der Waals surface area contributed by atoms with E-state index >= 15 is 0 Å². The summed E-state index contributed by atoms with van der Waals surface area (Å²) in [4.78, 5) is 14.2. The number of amides is 1. The fourth-order valence-electron chi connectivity index (χ4n) is 3.40. The van der Waals surface area contributed by atoms with Crippen molar-refractivity contribution in [3.05, 3.63) is 68.2 Å². The molecule has 4 rings (SSSR count). The maximum atomic E-state index is 12.6. The van der Waals surface area contributed by atoms with Crippen LogP contribution in [0.3, 0.4) is 0 Å². The van der Waals surface area contributed by atoms with Crippen LogP contribution in [0.5, 0.6) is 11.5 Å². The number of rotatable bonds is 6. The van der Waals surface area contributed by atoms with Crippen LogP contribution >= 0.6 is 34.8 Å². The summed E-state index contributed by atoms with van der Waals surface area (Å²) < 4.78 is 10.8. The zero-order valence-corrected chi connectivity index (χ0v) is 21.1. The second kappa shape index (κ2) is 9.70. The fourth-order valence-corrected chi connectivity index (χ4v) is 4.22. The Kier molecular flexibility index (Phi) is 6.89. The Morgan fingerprint density at radius 2 is 1.53 bits per heavy atom. The number of carbonyl (C=O) groups excluding carboxylic acids is 1. The molecule has 0 aliphatic rings. The monoisotopic (exact) mass is 518 g/mol. The molecule has 3 aromatic carbocycles. The highest BCUT2D eigenvalue weighted by molar-refractivity contribution is 6.42. The highest BCUT2D eigenvalue weighted by Crippen LogP contribution is 2.42. The third-order valence-electron chi connectivity index (χ3n) is 5.37. The molecule has 0 fully saturated rings. The summed E-state index contributed by atoms with van der Waals surface area (Å²) in [7, 11) is 1.61. The minimum Gasteiger partial charge on any atom is -0.497 e. The first-order valence-corrected chi connectivity index (χ1v) is 11.4. The van der Waals surface area contributed by atoms with Crippen LogP contribution in [-0.4, -0.2) is 34.6 Å². The van der Waals surface area contributed by atoms with Gasteiger partial charge in [-0.1, -0.05) is 34.8 Å². The van der Waals surface area contributed by atoms with Crippen LogP contribution in [-0.2, 0) is 4.79 Å². The van der Waals surface area contributed by atoms with Gasteiger partial charge in [0.25, 0.3) is 5.91 Å². The lowest BCUT2D eigenvalue weighted by atomic mass is 10.1. The highest BCUT2D eigenvalue weighted by atomic mass is 35.5.